The molecule has 1 aliphatic heterocycles. The van der Waals surface area contributed by atoms with Crippen LogP contribution in [0.4, 0.5) is 8.78 Å². The molecule has 0 saturated carbocycles. The molecular weight excluding hydrogens is 250 g/mol. The molecule has 1 aliphatic rings. The Labute approximate surface area is 102 Å². The SMILES string of the molecule is O=C(NC1CCNC1)c1cc(F)c(Cl)cc1F. The van der Waals surface area contributed by atoms with Gasteiger partial charge in [-0.05, 0) is 25.1 Å². The Hall–Kier alpha value is -1.20. The predicted octanol–water partition coefficient (Wildman–Crippen LogP) is 1.71. The minimum atomic E-state index is -0.820. The van der Waals surface area contributed by atoms with Gasteiger partial charge in [0.1, 0.15) is 11.6 Å². The van der Waals surface area contributed by atoms with Crippen molar-refractivity contribution in [2.75, 3.05) is 13.1 Å². The van der Waals surface area contributed by atoms with Crippen LogP contribution in [-0.4, -0.2) is 25.0 Å². The zero-order valence-electron chi connectivity index (χ0n) is 8.90. The van der Waals surface area contributed by atoms with Crippen molar-refractivity contribution in [2.24, 2.45) is 0 Å². The number of nitrogens with one attached hydrogen (secondary N) is 2. The van der Waals surface area contributed by atoms with E-state index in [9.17, 15) is 13.6 Å². The van der Waals surface area contributed by atoms with Gasteiger partial charge in [-0.2, -0.15) is 0 Å². The van der Waals surface area contributed by atoms with Crippen LogP contribution in [0.2, 0.25) is 5.02 Å². The molecule has 2 rings (SSSR count). The molecular formula is C11H11ClF2N2O. The van der Waals surface area contributed by atoms with Gasteiger partial charge in [0, 0.05) is 12.6 Å². The highest BCUT2D eigenvalue weighted by Gasteiger charge is 2.20. The summed E-state index contributed by atoms with van der Waals surface area (Å²) < 4.78 is 26.6. The number of carbonyl (C=O) groups excluding carboxylic acids is 1. The summed E-state index contributed by atoms with van der Waals surface area (Å²) in [6.07, 6.45) is 0.781. The molecule has 0 radical (unpaired) electrons. The molecule has 1 atom stereocenters. The Morgan fingerprint density at radius 1 is 1.41 bits per heavy atom. The van der Waals surface area contributed by atoms with E-state index in [1.54, 1.807) is 0 Å². The first-order valence-corrected chi connectivity index (χ1v) is 5.62. The van der Waals surface area contributed by atoms with Gasteiger partial charge in [0.2, 0.25) is 0 Å². The first kappa shape index (κ1) is 12.3. The smallest absolute Gasteiger partial charge is 0.254 e. The van der Waals surface area contributed by atoms with Crippen LogP contribution in [0, 0.1) is 11.6 Å². The van der Waals surface area contributed by atoms with E-state index < -0.39 is 17.5 Å². The van der Waals surface area contributed by atoms with E-state index in [1.807, 2.05) is 0 Å². The summed E-state index contributed by atoms with van der Waals surface area (Å²) in [7, 11) is 0. The van der Waals surface area contributed by atoms with Crippen LogP contribution in [0.15, 0.2) is 12.1 Å². The van der Waals surface area contributed by atoms with Crippen LogP contribution >= 0.6 is 11.6 Å². The number of carbonyl (C=O) groups is 1. The molecule has 0 aliphatic carbocycles. The third-order valence-electron chi connectivity index (χ3n) is 2.65. The lowest BCUT2D eigenvalue weighted by Gasteiger charge is -2.12. The lowest BCUT2D eigenvalue weighted by Crippen LogP contribution is -2.36. The van der Waals surface area contributed by atoms with Crippen molar-refractivity contribution < 1.29 is 13.6 Å². The van der Waals surface area contributed by atoms with Crippen molar-refractivity contribution in [3.63, 3.8) is 0 Å². The third kappa shape index (κ3) is 2.73. The number of hydrogen-bond donors (Lipinski definition) is 2. The molecule has 1 saturated heterocycles. The topological polar surface area (TPSA) is 41.1 Å². The van der Waals surface area contributed by atoms with Crippen molar-refractivity contribution in [3.8, 4) is 0 Å². The molecule has 6 heteroatoms. The van der Waals surface area contributed by atoms with Crippen molar-refractivity contribution in [1.29, 1.82) is 0 Å². The van der Waals surface area contributed by atoms with Crippen molar-refractivity contribution >= 4 is 17.5 Å². The number of halogens is 3. The maximum atomic E-state index is 13.4. The van der Waals surface area contributed by atoms with E-state index in [0.29, 0.717) is 6.54 Å². The van der Waals surface area contributed by atoms with Crippen LogP contribution in [0.1, 0.15) is 16.8 Å². The standard InChI is InChI=1S/C11H11ClF2N2O/c12-8-4-9(13)7(3-10(8)14)11(17)16-6-1-2-15-5-6/h3-4,6,15H,1-2,5H2,(H,16,17). The van der Waals surface area contributed by atoms with E-state index in [0.717, 1.165) is 25.1 Å². The van der Waals surface area contributed by atoms with Gasteiger partial charge in [0.25, 0.3) is 5.91 Å². The minimum absolute atomic E-state index is 0.0411. The van der Waals surface area contributed by atoms with Gasteiger partial charge in [-0.15, -0.1) is 0 Å². The largest absolute Gasteiger partial charge is 0.348 e. The lowest BCUT2D eigenvalue weighted by atomic mass is 10.1. The summed E-state index contributed by atoms with van der Waals surface area (Å²) in [4.78, 5) is 11.7. The fourth-order valence-electron chi connectivity index (χ4n) is 1.74. The Bertz CT molecular complexity index is 447. The second-order valence-electron chi connectivity index (χ2n) is 3.91. The van der Waals surface area contributed by atoms with Crippen molar-refractivity contribution in [3.05, 3.63) is 34.4 Å². The minimum Gasteiger partial charge on any atom is -0.348 e. The van der Waals surface area contributed by atoms with E-state index in [2.05, 4.69) is 10.6 Å². The molecule has 1 unspecified atom stereocenters. The van der Waals surface area contributed by atoms with Crippen LogP contribution < -0.4 is 10.6 Å². The molecule has 1 amide bonds. The highest BCUT2D eigenvalue weighted by atomic mass is 35.5. The highest BCUT2D eigenvalue weighted by molar-refractivity contribution is 6.30. The molecule has 2 N–H and O–H groups in total. The average molecular weight is 261 g/mol. The van der Waals surface area contributed by atoms with Crippen molar-refractivity contribution in [1.82, 2.24) is 10.6 Å². The Morgan fingerprint density at radius 2 is 2.18 bits per heavy atom. The number of rotatable bonds is 2. The lowest BCUT2D eigenvalue weighted by molar-refractivity contribution is 0.0935. The van der Waals surface area contributed by atoms with Crippen molar-refractivity contribution in [2.45, 2.75) is 12.5 Å². The zero-order chi connectivity index (χ0) is 12.4. The summed E-state index contributed by atoms with van der Waals surface area (Å²) in [5.74, 6) is -2.24. The highest BCUT2D eigenvalue weighted by Crippen LogP contribution is 2.19. The zero-order valence-corrected chi connectivity index (χ0v) is 9.65. The number of benzene rings is 1. The summed E-state index contributed by atoms with van der Waals surface area (Å²) in [5, 5.41) is 5.36. The molecule has 0 aromatic heterocycles. The summed E-state index contributed by atoms with van der Waals surface area (Å²) in [5.41, 5.74) is -0.321. The molecule has 17 heavy (non-hydrogen) atoms. The van der Waals surface area contributed by atoms with Gasteiger partial charge in [-0.25, -0.2) is 8.78 Å². The molecule has 0 spiro atoms. The van der Waals surface area contributed by atoms with Gasteiger partial charge in [0.05, 0.1) is 10.6 Å². The summed E-state index contributed by atoms with van der Waals surface area (Å²) in [6, 6.07) is 1.58. The quantitative estimate of drug-likeness (QED) is 0.795. The molecule has 1 heterocycles. The van der Waals surface area contributed by atoms with Crippen LogP contribution in [0.3, 0.4) is 0 Å². The van der Waals surface area contributed by atoms with Gasteiger partial charge < -0.3 is 10.6 Å². The average Bonchev–Trinajstić information content (AvgIpc) is 2.76. The fourth-order valence-corrected chi connectivity index (χ4v) is 1.89. The maximum Gasteiger partial charge on any atom is 0.254 e. The molecule has 92 valence electrons. The van der Waals surface area contributed by atoms with E-state index in [-0.39, 0.29) is 16.6 Å². The van der Waals surface area contributed by atoms with Gasteiger partial charge in [0.15, 0.2) is 0 Å². The maximum absolute atomic E-state index is 13.4. The van der Waals surface area contributed by atoms with E-state index >= 15 is 0 Å². The molecule has 1 fully saturated rings. The molecule has 0 bridgehead atoms. The first-order chi connectivity index (χ1) is 8.08. The van der Waals surface area contributed by atoms with Crippen LogP contribution in [-0.2, 0) is 0 Å². The molecule has 3 nitrogen and oxygen atoms in total. The number of amides is 1. The monoisotopic (exact) mass is 260 g/mol. The second-order valence-corrected chi connectivity index (χ2v) is 4.32. The van der Waals surface area contributed by atoms with Crippen LogP contribution in [0.25, 0.3) is 0 Å². The third-order valence-corrected chi connectivity index (χ3v) is 2.94. The fraction of sp³-hybridized carbons (Fsp3) is 0.364. The van der Waals surface area contributed by atoms with E-state index in [4.69, 9.17) is 11.6 Å². The predicted molar refractivity (Wildman–Crippen MR) is 60.1 cm³/mol. The summed E-state index contributed by atoms with van der Waals surface area (Å²) in [6.45, 7) is 1.45. The Balaban J connectivity index is 2.15. The first-order valence-electron chi connectivity index (χ1n) is 5.24. The summed E-state index contributed by atoms with van der Waals surface area (Å²) >= 11 is 5.40. The van der Waals surface area contributed by atoms with Crippen LogP contribution in [0.5, 0.6) is 0 Å². The second kappa shape index (κ2) is 4.98. The van der Waals surface area contributed by atoms with Gasteiger partial charge in [-0.1, -0.05) is 11.6 Å². The molecule has 1 aromatic rings. The van der Waals surface area contributed by atoms with Gasteiger partial charge >= 0.3 is 0 Å². The Kier molecular flexibility index (Phi) is 3.59. The number of hydrogen-bond acceptors (Lipinski definition) is 2. The normalized spacial score (nSPS) is 19.4. The molecule has 1 aromatic carbocycles. The van der Waals surface area contributed by atoms with E-state index in [1.165, 1.54) is 0 Å². The van der Waals surface area contributed by atoms with Gasteiger partial charge in [-0.3, -0.25) is 4.79 Å². The Morgan fingerprint density at radius 3 is 2.82 bits per heavy atom.